The van der Waals surface area contributed by atoms with Crippen molar-refractivity contribution in [3.63, 3.8) is 0 Å². The van der Waals surface area contributed by atoms with Crippen LogP contribution < -0.4 is 5.32 Å². The van der Waals surface area contributed by atoms with E-state index in [1.54, 1.807) is 6.92 Å². The molecule has 1 aromatic rings. The number of carbonyl (C=O) groups is 2. The number of unbranched alkanes of at least 4 members (excludes halogenated alkanes) is 2. The molecule has 1 aromatic heterocycles. The molecule has 1 heterocycles. The van der Waals surface area contributed by atoms with Gasteiger partial charge in [-0.2, -0.15) is 0 Å². The largest absolute Gasteiger partial charge is 0.363 e. The van der Waals surface area contributed by atoms with Gasteiger partial charge in [0, 0.05) is 12.6 Å². The summed E-state index contributed by atoms with van der Waals surface area (Å²) in [4.78, 5) is 25.3. The summed E-state index contributed by atoms with van der Waals surface area (Å²) in [5, 5.41) is 5.50. The van der Waals surface area contributed by atoms with Crippen molar-refractivity contribution in [2.24, 2.45) is 0 Å². The molecule has 1 unspecified atom stereocenters. The van der Waals surface area contributed by atoms with E-state index in [1.807, 2.05) is 0 Å². The molecule has 0 saturated carbocycles. The Kier molecular flexibility index (Phi) is 7.08. The van der Waals surface area contributed by atoms with E-state index in [1.165, 1.54) is 17.2 Å². The third-order valence-electron chi connectivity index (χ3n) is 2.72. The maximum absolute atomic E-state index is 12.0. The maximum atomic E-state index is 12.0. The number of halogens is 1. The van der Waals surface area contributed by atoms with Crippen molar-refractivity contribution in [1.29, 1.82) is 0 Å². The van der Waals surface area contributed by atoms with Gasteiger partial charge in [-0.15, -0.1) is 11.6 Å². The number of rotatable bonds is 8. The predicted molar refractivity (Wildman–Crippen MR) is 76.6 cm³/mol. The molecule has 0 aliphatic rings. The van der Waals surface area contributed by atoms with Crippen LogP contribution in [0.5, 0.6) is 0 Å². The van der Waals surface area contributed by atoms with Crippen molar-refractivity contribution in [2.75, 3.05) is 18.4 Å². The smallest absolute Gasteiger partial charge is 0.245 e. The highest BCUT2D eigenvalue weighted by atomic mass is 35.5. The lowest BCUT2D eigenvalue weighted by Gasteiger charge is -2.23. The van der Waals surface area contributed by atoms with Gasteiger partial charge in [-0.3, -0.25) is 9.59 Å². The van der Waals surface area contributed by atoms with Crippen LogP contribution >= 0.6 is 11.6 Å². The first kappa shape index (κ1) is 16.5. The number of anilines is 1. The Morgan fingerprint density at radius 1 is 1.50 bits per heavy atom. The lowest BCUT2D eigenvalue weighted by atomic mass is 10.2. The molecule has 0 bridgehead atoms. The second kappa shape index (κ2) is 8.58. The predicted octanol–water partition coefficient (Wildman–Crippen LogP) is 2.26. The Morgan fingerprint density at radius 2 is 2.25 bits per heavy atom. The zero-order chi connectivity index (χ0) is 15.0. The van der Waals surface area contributed by atoms with E-state index in [4.69, 9.17) is 11.6 Å². The van der Waals surface area contributed by atoms with Crippen LogP contribution in [0.25, 0.3) is 0 Å². The highest BCUT2D eigenvalue weighted by molar-refractivity contribution is 6.30. The molecule has 112 valence electrons. The van der Waals surface area contributed by atoms with E-state index >= 15 is 0 Å². The van der Waals surface area contributed by atoms with Crippen molar-refractivity contribution in [3.05, 3.63) is 12.3 Å². The third kappa shape index (κ3) is 5.61. The number of nitrogens with one attached hydrogen (secondary N) is 1. The molecule has 20 heavy (non-hydrogen) atoms. The first-order valence-corrected chi connectivity index (χ1v) is 7.11. The van der Waals surface area contributed by atoms with Gasteiger partial charge in [0.05, 0.1) is 6.54 Å². The molecule has 1 N–H and O–H groups in total. The van der Waals surface area contributed by atoms with Crippen LogP contribution in [0.15, 0.2) is 16.9 Å². The summed E-state index contributed by atoms with van der Waals surface area (Å²) in [6.07, 6.45) is 4.26. The van der Waals surface area contributed by atoms with E-state index in [0.717, 1.165) is 19.3 Å². The van der Waals surface area contributed by atoms with Crippen LogP contribution in [-0.4, -0.2) is 40.3 Å². The summed E-state index contributed by atoms with van der Waals surface area (Å²) in [6.45, 7) is 4.17. The quantitative estimate of drug-likeness (QED) is 0.590. The Hall–Kier alpha value is -1.56. The third-order valence-corrected chi connectivity index (χ3v) is 2.91. The van der Waals surface area contributed by atoms with Gasteiger partial charge in [0.25, 0.3) is 0 Å². The average molecular weight is 302 g/mol. The van der Waals surface area contributed by atoms with Crippen LogP contribution in [0.1, 0.15) is 33.1 Å². The maximum Gasteiger partial charge on any atom is 0.245 e. The van der Waals surface area contributed by atoms with Gasteiger partial charge < -0.3 is 14.7 Å². The highest BCUT2D eigenvalue weighted by Crippen LogP contribution is 2.07. The standard InChI is InChI=1S/C13H20ClN3O3/c1-3-4-5-7-17(13(19)10(2)14)9-12(18)15-11-6-8-20-16-11/h6,8,10H,3-5,7,9H2,1-2H3,(H,15,16,18). The summed E-state index contributed by atoms with van der Waals surface area (Å²) in [6, 6.07) is 1.53. The molecule has 0 spiro atoms. The Bertz CT molecular complexity index is 421. The summed E-state index contributed by atoms with van der Waals surface area (Å²) in [5.74, 6) is -0.228. The lowest BCUT2D eigenvalue weighted by molar-refractivity contribution is -0.134. The van der Waals surface area contributed by atoms with E-state index in [2.05, 4.69) is 21.9 Å². The summed E-state index contributed by atoms with van der Waals surface area (Å²) >= 11 is 5.81. The van der Waals surface area contributed by atoms with Crippen molar-refractivity contribution in [3.8, 4) is 0 Å². The van der Waals surface area contributed by atoms with Crippen LogP contribution in [0.3, 0.4) is 0 Å². The molecular formula is C13H20ClN3O3. The van der Waals surface area contributed by atoms with Gasteiger partial charge in [0.2, 0.25) is 11.8 Å². The minimum absolute atomic E-state index is 0.0353. The molecule has 2 amide bonds. The summed E-state index contributed by atoms with van der Waals surface area (Å²) in [5.41, 5.74) is 0. The van der Waals surface area contributed by atoms with Crippen LogP contribution in [0.2, 0.25) is 0 Å². The molecule has 6 nitrogen and oxygen atoms in total. The molecule has 0 aromatic carbocycles. The van der Waals surface area contributed by atoms with Gasteiger partial charge in [-0.1, -0.05) is 24.9 Å². The zero-order valence-corrected chi connectivity index (χ0v) is 12.5. The monoisotopic (exact) mass is 301 g/mol. The number of carbonyl (C=O) groups excluding carboxylic acids is 2. The van der Waals surface area contributed by atoms with Crippen molar-refractivity contribution in [1.82, 2.24) is 10.1 Å². The number of alkyl halides is 1. The normalized spacial score (nSPS) is 11.9. The van der Waals surface area contributed by atoms with Crippen LogP contribution in [0.4, 0.5) is 5.82 Å². The molecular weight excluding hydrogens is 282 g/mol. The zero-order valence-electron chi connectivity index (χ0n) is 11.8. The van der Waals surface area contributed by atoms with Crippen molar-refractivity contribution >= 4 is 29.2 Å². The lowest BCUT2D eigenvalue weighted by Crippen LogP contribution is -2.41. The molecule has 0 saturated heterocycles. The van der Waals surface area contributed by atoms with Crippen molar-refractivity contribution < 1.29 is 14.1 Å². The van der Waals surface area contributed by atoms with Gasteiger partial charge in [0.1, 0.15) is 11.6 Å². The van der Waals surface area contributed by atoms with Crippen molar-refractivity contribution in [2.45, 2.75) is 38.5 Å². The Balaban J connectivity index is 2.53. The summed E-state index contributed by atoms with van der Waals surface area (Å²) < 4.78 is 4.62. The van der Waals surface area contributed by atoms with Gasteiger partial charge in [-0.25, -0.2) is 0 Å². The van der Waals surface area contributed by atoms with E-state index in [9.17, 15) is 9.59 Å². The second-order valence-electron chi connectivity index (χ2n) is 4.52. The second-order valence-corrected chi connectivity index (χ2v) is 5.17. The number of amides is 2. The van der Waals surface area contributed by atoms with E-state index in [-0.39, 0.29) is 18.4 Å². The minimum Gasteiger partial charge on any atom is -0.363 e. The Morgan fingerprint density at radius 3 is 2.80 bits per heavy atom. The number of hydrogen-bond donors (Lipinski definition) is 1. The number of aromatic nitrogens is 1. The molecule has 0 radical (unpaired) electrons. The molecule has 0 aliphatic carbocycles. The van der Waals surface area contributed by atoms with Gasteiger partial charge >= 0.3 is 0 Å². The fourth-order valence-electron chi connectivity index (χ4n) is 1.70. The number of nitrogens with zero attached hydrogens (tertiary/aromatic N) is 2. The van der Waals surface area contributed by atoms with E-state index < -0.39 is 5.38 Å². The fourth-order valence-corrected chi connectivity index (χ4v) is 1.84. The molecule has 0 aliphatic heterocycles. The molecule has 7 heteroatoms. The minimum atomic E-state index is -0.642. The van der Waals surface area contributed by atoms with Crippen LogP contribution in [-0.2, 0) is 9.59 Å². The molecule has 0 fully saturated rings. The highest BCUT2D eigenvalue weighted by Gasteiger charge is 2.21. The molecule has 1 atom stereocenters. The SMILES string of the molecule is CCCCCN(CC(=O)Nc1ccon1)C(=O)C(C)Cl. The first-order valence-electron chi connectivity index (χ1n) is 6.67. The summed E-state index contributed by atoms with van der Waals surface area (Å²) in [7, 11) is 0. The fraction of sp³-hybridized carbons (Fsp3) is 0.615. The topological polar surface area (TPSA) is 75.4 Å². The molecule has 1 rings (SSSR count). The van der Waals surface area contributed by atoms with E-state index in [0.29, 0.717) is 12.4 Å². The average Bonchev–Trinajstić information content (AvgIpc) is 2.89. The van der Waals surface area contributed by atoms with Gasteiger partial charge in [-0.05, 0) is 13.3 Å². The number of hydrogen-bond acceptors (Lipinski definition) is 4. The van der Waals surface area contributed by atoms with Crippen LogP contribution in [0, 0.1) is 0 Å². The Labute approximate surface area is 123 Å². The first-order chi connectivity index (χ1) is 9.54. The van der Waals surface area contributed by atoms with Gasteiger partial charge in [0.15, 0.2) is 5.82 Å².